The Morgan fingerprint density at radius 1 is 1.18 bits per heavy atom. The van der Waals surface area contributed by atoms with Gasteiger partial charge in [-0.25, -0.2) is 4.79 Å². The second-order valence-corrected chi connectivity index (χ2v) is 8.35. The van der Waals surface area contributed by atoms with Gasteiger partial charge in [0, 0.05) is 27.9 Å². The highest BCUT2D eigenvalue weighted by atomic mass is 35.5. The number of halogens is 2. The van der Waals surface area contributed by atoms with Gasteiger partial charge in [-0.05, 0) is 48.1 Å². The lowest BCUT2D eigenvalue weighted by atomic mass is 9.99. The monoisotopic (exact) mass is 430 g/mol. The van der Waals surface area contributed by atoms with Crippen molar-refractivity contribution in [1.82, 2.24) is 4.98 Å². The smallest absolute Gasteiger partial charge is 0.337 e. The Labute approximate surface area is 176 Å². The van der Waals surface area contributed by atoms with Crippen LogP contribution in [-0.4, -0.2) is 27.6 Å². The maximum Gasteiger partial charge on any atom is 0.337 e. The third-order valence-corrected chi connectivity index (χ3v) is 6.08. The fourth-order valence-electron chi connectivity index (χ4n) is 3.27. The number of rotatable bonds is 4. The molecule has 2 N–H and O–H groups in total. The number of hydrogen-bond donors (Lipinski definition) is 2. The summed E-state index contributed by atoms with van der Waals surface area (Å²) in [6, 6.07) is 10.3. The zero-order chi connectivity index (χ0) is 19.7. The third kappa shape index (κ3) is 3.70. The molecule has 1 aliphatic heterocycles. The minimum absolute atomic E-state index is 0.110. The van der Waals surface area contributed by atoms with Gasteiger partial charge in [0.2, 0.25) is 0 Å². The Kier molecular flexibility index (Phi) is 5.49. The quantitative estimate of drug-likeness (QED) is 0.494. The van der Waals surface area contributed by atoms with Gasteiger partial charge in [0.25, 0.3) is 0 Å². The average molecular weight is 431 g/mol. The lowest BCUT2D eigenvalue weighted by Crippen LogP contribution is -2.06. The van der Waals surface area contributed by atoms with E-state index in [1.165, 1.54) is 11.6 Å². The number of nitrogens with one attached hydrogen (secondary N) is 1. The van der Waals surface area contributed by atoms with E-state index in [-0.39, 0.29) is 5.56 Å². The Bertz CT molecular complexity index is 1120. The summed E-state index contributed by atoms with van der Waals surface area (Å²) >= 11 is 14.5. The molecule has 0 radical (unpaired) electrons. The first-order valence-corrected chi connectivity index (χ1v) is 10.6. The maximum atomic E-state index is 11.7. The molecule has 0 spiro atoms. The molecule has 4 nitrogen and oxygen atoms in total. The van der Waals surface area contributed by atoms with Crippen LogP contribution in [0.25, 0.3) is 16.5 Å². The summed E-state index contributed by atoms with van der Waals surface area (Å²) in [6.07, 6.45) is 4.94. The number of carboxylic acids is 1. The number of benzene rings is 2. The Morgan fingerprint density at radius 2 is 2.04 bits per heavy atom. The molecular formula is C21H16Cl2N2O2S. The zero-order valence-electron chi connectivity index (χ0n) is 14.7. The molecule has 0 unspecified atom stereocenters. The van der Waals surface area contributed by atoms with Crippen LogP contribution in [0.5, 0.6) is 0 Å². The van der Waals surface area contributed by atoms with Crippen molar-refractivity contribution < 1.29 is 9.90 Å². The van der Waals surface area contributed by atoms with Crippen molar-refractivity contribution in [2.75, 3.05) is 16.8 Å². The fraction of sp³-hybridized carbons (Fsp3) is 0.143. The molecule has 142 valence electrons. The topological polar surface area (TPSA) is 62.2 Å². The second-order valence-electron chi connectivity index (χ2n) is 6.36. The van der Waals surface area contributed by atoms with E-state index in [2.05, 4.69) is 16.4 Å². The van der Waals surface area contributed by atoms with Crippen LogP contribution in [0, 0.1) is 0 Å². The summed E-state index contributed by atoms with van der Waals surface area (Å²) in [5.74, 6) is 0.927. The molecule has 0 saturated heterocycles. The number of thioether (sulfide) groups is 1. The van der Waals surface area contributed by atoms with E-state index >= 15 is 0 Å². The summed E-state index contributed by atoms with van der Waals surface area (Å²) in [5, 5.41) is 14.6. The van der Waals surface area contributed by atoms with Crippen LogP contribution in [-0.2, 0) is 0 Å². The Balaban J connectivity index is 1.96. The summed E-state index contributed by atoms with van der Waals surface area (Å²) in [5.41, 5.74) is 4.12. The molecule has 1 aliphatic rings. The number of hydrogen-bond acceptors (Lipinski definition) is 4. The van der Waals surface area contributed by atoms with Gasteiger partial charge in [0.05, 0.1) is 27.5 Å². The molecule has 0 amide bonds. The SMILES string of the molecule is O=C(O)c1cccc(Cl)c1Nc1c(C2=CCSCC2)cnc2ccc(Cl)cc12. The van der Waals surface area contributed by atoms with Crippen molar-refractivity contribution in [1.29, 1.82) is 0 Å². The molecule has 2 heterocycles. The molecule has 28 heavy (non-hydrogen) atoms. The highest BCUT2D eigenvalue weighted by Gasteiger charge is 2.19. The van der Waals surface area contributed by atoms with Crippen LogP contribution < -0.4 is 5.32 Å². The first-order valence-electron chi connectivity index (χ1n) is 8.69. The van der Waals surface area contributed by atoms with E-state index in [1.54, 1.807) is 18.2 Å². The van der Waals surface area contributed by atoms with Crippen LogP contribution >= 0.6 is 35.0 Å². The molecule has 0 saturated carbocycles. The molecule has 0 aliphatic carbocycles. The van der Waals surface area contributed by atoms with Gasteiger partial charge >= 0.3 is 5.97 Å². The van der Waals surface area contributed by atoms with E-state index < -0.39 is 5.97 Å². The van der Waals surface area contributed by atoms with Crippen LogP contribution in [0.15, 0.2) is 48.7 Å². The van der Waals surface area contributed by atoms with Crippen LogP contribution in [0.2, 0.25) is 10.0 Å². The van der Waals surface area contributed by atoms with E-state index in [0.29, 0.717) is 15.7 Å². The number of nitrogens with zero attached hydrogens (tertiary/aromatic N) is 1. The van der Waals surface area contributed by atoms with Crippen molar-refractivity contribution in [3.63, 3.8) is 0 Å². The lowest BCUT2D eigenvalue weighted by Gasteiger charge is -2.20. The number of pyridine rings is 1. The largest absolute Gasteiger partial charge is 0.478 e. The zero-order valence-corrected chi connectivity index (χ0v) is 17.0. The molecule has 7 heteroatoms. The number of anilines is 2. The van der Waals surface area contributed by atoms with Crippen molar-refractivity contribution in [3.8, 4) is 0 Å². The highest BCUT2D eigenvalue weighted by Crippen LogP contribution is 2.39. The number of para-hydroxylation sites is 1. The Morgan fingerprint density at radius 3 is 2.79 bits per heavy atom. The van der Waals surface area contributed by atoms with Gasteiger partial charge < -0.3 is 10.4 Å². The normalized spacial score (nSPS) is 14.0. The van der Waals surface area contributed by atoms with Crippen LogP contribution in [0.4, 0.5) is 11.4 Å². The van der Waals surface area contributed by atoms with Gasteiger partial charge in [0.15, 0.2) is 0 Å². The van der Waals surface area contributed by atoms with E-state index in [0.717, 1.165) is 40.1 Å². The van der Waals surface area contributed by atoms with Crippen LogP contribution in [0.3, 0.4) is 0 Å². The summed E-state index contributed by atoms with van der Waals surface area (Å²) < 4.78 is 0. The van der Waals surface area contributed by atoms with E-state index in [9.17, 15) is 9.90 Å². The van der Waals surface area contributed by atoms with Crippen molar-refractivity contribution in [3.05, 3.63) is 69.8 Å². The second kappa shape index (κ2) is 8.03. The van der Waals surface area contributed by atoms with Crippen LogP contribution in [0.1, 0.15) is 22.3 Å². The number of carboxylic acid groups (broad SMARTS) is 1. The summed E-state index contributed by atoms with van der Waals surface area (Å²) in [6.45, 7) is 0. The fourth-order valence-corrected chi connectivity index (χ4v) is 4.51. The van der Waals surface area contributed by atoms with E-state index in [4.69, 9.17) is 23.2 Å². The minimum Gasteiger partial charge on any atom is -0.478 e. The van der Waals surface area contributed by atoms with Gasteiger partial charge in [-0.2, -0.15) is 11.8 Å². The summed E-state index contributed by atoms with van der Waals surface area (Å²) in [4.78, 5) is 16.3. The van der Waals surface area contributed by atoms with Gasteiger partial charge in [-0.1, -0.05) is 35.3 Å². The van der Waals surface area contributed by atoms with Crippen molar-refractivity contribution in [2.45, 2.75) is 6.42 Å². The molecular weight excluding hydrogens is 415 g/mol. The number of allylic oxidation sites excluding steroid dienone is 1. The molecule has 2 aromatic carbocycles. The van der Waals surface area contributed by atoms with Gasteiger partial charge in [0.1, 0.15) is 0 Å². The van der Waals surface area contributed by atoms with Gasteiger partial charge in [-0.3, -0.25) is 4.98 Å². The number of aromatic carboxylic acids is 1. The first-order chi connectivity index (χ1) is 13.5. The average Bonchev–Trinajstić information content (AvgIpc) is 2.70. The maximum absolute atomic E-state index is 11.7. The molecule has 0 fully saturated rings. The minimum atomic E-state index is -1.05. The number of aromatic nitrogens is 1. The van der Waals surface area contributed by atoms with Gasteiger partial charge in [-0.15, -0.1) is 0 Å². The Hall–Kier alpha value is -2.21. The third-order valence-electron chi connectivity index (χ3n) is 4.63. The predicted molar refractivity (Wildman–Crippen MR) is 118 cm³/mol. The molecule has 1 aromatic heterocycles. The molecule has 0 atom stereocenters. The van der Waals surface area contributed by atoms with Crippen molar-refractivity contribution >= 4 is 68.8 Å². The first kappa shape index (κ1) is 19.1. The standard InChI is InChI=1S/C21H16Cl2N2O2S/c22-13-4-5-18-15(10-13)19(16(11-24-18)12-6-8-28-9-7-12)25-20-14(21(26)27)2-1-3-17(20)23/h1-6,10-11H,7-9H2,(H,24,25)(H,26,27). The predicted octanol–water partition coefficient (Wildman–Crippen LogP) is 6.50. The molecule has 3 aromatic rings. The lowest BCUT2D eigenvalue weighted by molar-refractivity contribution is 0.0698. The number of carbonyl (C=O) groups is 1. The van der Waals surface area contributed by atoms with E-state index in [1.807, 2.05) is 30.1 Å². The highest BCUT2D eigenvalue weighted by molar-refractivity contribution is 7.99. The summed E-state index contributed by atoms with van der Waals surface area (Å²) in [7, 11) is 0. The molecule has 4 rings (SSSR count). The number of fused-ring (bicyclic) bond motifs is 1. The van der Waals surface area contributed by atoms with Crippen molar-refractivity contribution in [2.24, 2.45) is 0 Å². The molecule has 0 bridgehead atoms.